The van der Waals surface area contributed by atoms with Crippen molar-refractivity contribution in [3.05, 3.63) is 35.4 Å². The second kappa shape index (κ2) is 4.79. The second-order valence-electron chi connectivity index (χ2n) is 5.21. The summed E-state index contributed by atoms with van der Waals surface area (Å²) in [4.78, 5) is 12.2. The van der Waals surface area contributed by atoms with Crippen molar-refractivity contribution in [2.45, 2.75) is 33.8 Å². The second-order valence-corrected chi connectivity index (χ2v) is 5.21. The summed E-state index contributed by atoms with van der Waals surface area (Å²) in [5.41, 5.74) is 1.69. The minimum Gasteiger partial charge on any atom is -0.373 e. The molecular formula is C14H20O2. The number of aryl methyl sites for hydroxylation is 1. The Bertz CT molecular complexity index is 357. The summed E-state index contributed by atoms with van der Waals surface area (Å²) >= 11 is 0. The third-order valence-corrected chi connectivity index (χ3v) is 2.60. The maximum absolute atomic E-state index is 12.2. The highest BCUT2D eigenvalue weighted by molar-refractivity contribution is 6.00. The first-order valence-electron chi connectivity index (χ1n) is 5.50. The van der Waals surface area contributed by atoms with Crippen LogP contribution in [0.4, 0.5) is 0 Å². The molecule has 16 heavy (non-hydrogen) atoms. The summed E-state index contributed by atoms with van der Waals surface area (Å²) in [6.45, 7) is 8.03. The molecule has 1 rings (SSSR count). The molecule has 2 nitrogen and oxygen atoms in total. The van der Waals surface area contributed by atoms with Crippen molar-refractivity contribution >= 4 is 5.78 Å². The molecule has 0 aliphatic rings. The minimum absolute atomic E-state index is 0.0509. The highest BCUT2D eigenvalue weighted by atomic mass is 16.5. The smallest absolute Gasteiger partial charge is 0.192 e. The molecule has 1 aromatic rings. The molecule has 1 atom stereocenters. The number of hydrogen-bond donors (Lipinski definition) is 0. The Morgan fingerprint density at radius 2 is 1.69 bits per heavy atom. The van der Waals surface area contributed by atoms with E-state index < -0.39 is 6.10 Å². The molecule has 1 unspecified atom stereocenters. The van der Waals surface area contributed by atoms with E-state index in [0.717, 1.165) is 5.56 Å². The van der Waals surface area contributed by atoms with Gasteiger partial charge in [0.15, 0.2) is 5.78 Å². The van der Waals surface area contributed by atoms with Gasteiger partial charge in [-0.05, 0) is 12.3 Å². The van der Waals surface area contributed by atoms with Gasteiger partial charge in [0.2, 0.25) is 0 Å². The lowest BCUT2D eigenvalue weighted by atomic mass is 9.84. The van der Waals surface area contributed by atoms with E-state index in [0.29, 0.717) is 5.56 Å². The van der Waals surface area contributed by atoms with E-state index in [2.05, 4.69) is 0 Å². The SMILES string of the molecule is COC(C(=O)c1ccc(C)cc1)C(C)(C)C. The molecular weight excluding hydrogens is 200 g/mol. The first-order valence-corrected chi connectivity index (χ1v) is 5.50. The van der Waals surface area contributed by atoms with Gasteiger partial charge < -0.3 is 4.74 Å². The Morgan fingerprint density at radius 3 is 2.06 bits per heavy atom. The fourth-order valence-corrected chi connectivity index (χ4v) is 1.72. The molecule has 88 valence electrons. The van der Waals surface area contributed by atoms with Crippen LogP contribution >= 0.6 is 0 Å². The van der Waals surface area contributed by atoms with Crippen LogP contribution in [-0.4, -0.2) is 19.0 Å². The first-order chi connectivity index (χ1) is 7.36. The lowest BCUT2D eigenvalue weighted by molar-refractivity contribution is 0.0196. The molecule has 0 saturated carbocycles. The predicted molar refractivity (Wildman–Crippen MR) is 65.8 cm³/mol. The van der Waals surface area contributed by atoms with E-state index in [1.807, 2.05) is 52.0 Å². The van der Waals surface area contributed by atoms with E-state index in [9.17, 15) is 4.79 Å². The largest absolute Gasteiger partial charge is 0.373 e. The van der Waals surface area contributed by atoms with E-state index in [-0.39, 0.29) is 11.2 Å². The minimum atomic E-state index is -0.393. The standard InChI is InChI=1S/C14H20O2/c1-10-6-8-11(9-7-10)12(15)13(16-5)14(2,3)4/h6-9,13H,1-5H3. The zero-order valence-electron chi connectivity index (χ0n) is 10.7. The maximum Gasteiger partial charge on any atom is 0.192 e. The molecule has 0 radical (unpaired) electrons. The number of Topliss-reactive ketones (excluding diaryl/α,β-unsaturated/α-hetero) is 1. The van der Waals surface area contributed by atoms with Gasteiger partial charge in [0.25, 0.3) is 0 Å². The van der Waals surface area contributed by atoms with Crippen molar-refractivity contribution in [2.75, 3.05) is 7.11 Å². The zero-order chi connectivity index (χ0) is 12.3. The molecule has 0 heterocycles. The van der Waals surface area contributed by atoms with Gasteiger partial charge >= 0.3 is 0 Å². The molecule has 0 aliphatic carbocycles. The van der Waals surface area contributed by atoms with Crippen molar-refractivity contribution in [3.8, 4) is 0 Å². The van der Waals surface area contributed by atoms with E-state index >= 15 is 0 Å². The molecule has 2 heteroatoms. The van der Waals surface area contributed by atoms with Crippen molar-refractivity contribution in [3.63, 3.8) is 0 Å². The summed E-state index contributed by atoms with van der Waals surface area (Å²) in [6.07, 6.45) is -0.393. The summed E-state index contributed by atoms with van der Waals surface area (Å²) < 4.78 is 5.31. The van der Waals surface area contributed by atoms with E-state index in [4.69, 9.17) is 4.74 Å². The molecule has 0 N–H and O–H groups in total. The first kappa shape index (κ1) is 12.9. The average Bonchev–Trinajstić information content (AvgIpc) is 2.17. The molecule has 0 bridgehead atoms. The number of carbonyl (C=O) groups is 1. The maximum atomic E-state index is 12.2. The molecule has 0 amide bonds. The molecule has 0 spiro atoms. The Labute approximate surface area is 97.6 Å². The topological polar surface area (TPSA) is 26.3 Å². The van der Waals surface area contributed by atoms with Crippen molar-refractivity contribution in [1.82, 2.24) is 0 Å². The van der Waals surface area contributed by atoms with Gasteiger partial charge in [-0.3, -0.25) is 4.79 Å². The number of hydrogen-bond acceptors (Lipinski definition) is 2. The molecule has 0 fully saturated rings. The molecule has 0 aromatic heterocycles. The van der Waals surface area contributed by atoms with Gasteiger partial charge in [-0.2, -0.15) is 0 Å². The summed E-state index contributed by atoms with van der Waals surface area (Å²) in [5, 5.41) is 0. The van der Waals surface area contributed by atoms with Gasteiger partial charge in [-0.1, -0.05) is 50.6 Å². The van der Waals surface area contributed by atoms with Gasteiger partial charge in [0, 0.05) is 12.7 Å². The van der Waals surface area contributed by atoms with Crippen LogP contribution in [0, 0.1) is 12.3 Å². The number of methoxy groups -OCH3 is 1. The monoisotopic (exact) mass is 220 g/mol. The predicted octanol–water partition coefficient (Wildman–Crippen LogP) is 3.24. The van der Waals surface area contributed by atoms with Crippen molar-refractivity contribution < 1.29 is 9.53 Å². The quantitative estimate of drug-likeness (QED) is 0.731. The fraction of sp³-hybridized carbons (Fsp3) is 0.500. The van der Waals surface area contributed by atoms with Crippen LogP contribution in [0.1, 0.15) is 36.7 Å². The van der Waals surface area contributed by atoms with Gasteiger partial charge in [0.05, 0.1) is 0 Å². The van der Waals surface area contributed by atoms with Crippen LogP contribution in [0.3, 0.4) is 0 Å². The van der Waals surface area contributed by atoms with Crippen LogP contribution in [0.5, 0.6) is 0 Å². The van der Waals surface area contributed by atoms with E-state index in [1.54, 1.807) is 7.11 Å². The van der Waals surface area contributed by atoms with Crippen molar-refractivity contribution in [1.29, 1.82) is 0 Å². The highest BCUT2D eigenvalue weighted by Crippen LogP contribution is 2.25. The van der Waals surface area contributed by atoms with Crippen LogP contribution in [-0.2, 0) is 4.74 Å². The van der Waals surface area contributed by atoms with Crippen LogP contribution in [0.25, 0.3) is 0 Å². The highest BCUT2D eigenvalue weighted by Gasteiger charge is 2.31. The summed E-state index contributed by atoms with van der Waals surface area (Å²) in [5.74, 6) is 0.0509. The van der Waals surface area contributed by atoms with Crippen LogP contribution in [0.15, 0.2) is 24.3 Å². The molecule has 0 aliphatic heterocycles. The Morgan fingerprint density at radius 1 is 1.19 bits per heavy atom. The number of benzene rings is 1. The Kier molecular flexibility index (Phi) is 3.87. The lowest BCUT2D eigenvalue weighted by Crippen LogP contribution is -2.36. The number of ether oxygens (including phenoxy) is 1. The number of carbonyl (C=O) groups excluding carboxylic acids is 1. The normalized spacial score (nSPS) is 13.6. The third kappa shape index (κ3) is 2.92. The summed E-state index contributed by atoms with van der Waals surface area (Å²) in [6, 6.07) is 7.61. The molecule has 0 saturated heterocycles. The number of ketones is 1. The number of rotatable bonds is 3. The van der Waals surface area contributed by atoms with Gasteiger partial charge in [-0.25, -0.2) is 0 Å². The van der Waals surface area contributed by atoms with Gasteiger partial charge in [0.1, 0.15) is 6.10 Å². The third-order valence-electron chi connectivity index (χ3n) is 2.60. The Balaban J connectivity index is 2.96. The Hall–Kier alpha value is -1.15. The fourth-order valence-electron chi connectivity index (χ4n) is 1.72. The van der Waals surface area contributed by atoms with E-state index in [1.165, 1.54) is 0 Å². The lowest BCUT2D eigenvalue weighted by Gasteiger charge is -2.28. The molecule has 1 aromatic carbocycles. The van der Waals surface area contributed by atoms with Crippen LogP contribution < -0.4 is 0 Å². The average molecular weight is 220 g/mol. The van der Waals surface area contributed by atoms with Crippen molar-refractivity contribution in [2.24, 2.45) is 5.41 Å². The summed E-state index contributed by atoms with van der Waals surface area (Å²) in [7, 11) is 1.59. The van der Waals surface area contributed by atoms with Gasteiger partial charge in [-0.15, -0.1) is 0 Å². The zero-order valence-corrected chi connectivity index (χ0v) is 10.7. The van der Waals surface area contributed by atoms with Crippen LogP contribution in [0.2, 0.25) is 0 Å².